The van der Waals surface area contributed by atoms with Gasteiger partial charge in [-0.1, -0.05) is 18.5 Å². The van der Waals surface area contributed by atoms with Gasteiger partial charge in [0.05, 0.1) is 6.61 Å². The van der Waals surface area contributed by atoms with Crippen LogP contribution >= 0.6 is 11.6 Å². The Morgan fingerprint density at radius 1 is 1.38 bits per heavy atom. The minimum Gasteiger partial charge on any atom is -0.395 e. The molecule has 16 heavy (non-hydrogen) atoms. The molecule has 4 heteroatoms. The summed E-state index contributed by atoms with van der Waals surface area (Å²) in [7, 11) is 0. The Morgan fingerprint density at radius 3 is 2.75 bits per heavy atom. The van der Waals surface area contributed by atoms with Crippen LogP contribution in [0.25, 0.3) is 0 Å². The van der Waals surface area contributed by atoms with Crippen LogP contribution in [0, 0.1) is 5.82 Å². The van der Waals surface area contributed by atoms with Crippen LogP contribution in [0.3, 0.4) is 0 Å². The summed E-state index contributed by atoms with van der Waals surface area (Å²) < 4.78 is 13.5. The zero-order valence-electron chi connectivity index (χ0n) is 9.42. The molecule has 0 heterocycles. The van der Waals surface area contributed by atoms with E-state index >= 15 is 0 Å². The highest BCUT2D eigenvalue weighted by Crippen LogP contribution is 2.16. The first kappa shape index (κ1) is 13.4. The standard InChI is InChI=1S/C12H17ClFNO/c1-2-5-15(6-7-16)9-10-8-11(13)3-4-12(10)14/h3-4,8,16H,2,5-7,9H2,1H3. The molecule has 1 N–H and O–H groups in total. The maximum Gasteiger partial charge on any atom is 0.127 e. The normalized spacial score (nSPS) is 11.1. The molecule has 1 aromatic carbocycles. The lowest BCUT2D eigenvalue weighted by Crippen LogP contribution is -2.27. The quantitative estimate of drug-likeness (QED) is 0.833. The van der Waals surface area contributed by atoms with Crippen molar-refractivity contribution in [3.63, 3.8) is 0 Å². The molecular formula is C12H17ClFNO. The van der Waals surface area contributed by atoms with Crippen molar-refractivity contribution in [3.8, 4) is 0 Å². The fourth-order valence-electron chi connectivity index (χ4n) is 1.63. The molecule has 1 rings (SSSR count). The molecule has 2 nitrogen and oxygen atoms in total. The first-order valence-corrected chi connectivity index (χ1v) is 5.82. The fraction of sp³-hybridized carbons (Fsp3) is 0.500. The van der Waals surface area contributed by atoms with E-state index in [0.29, 0.717) is 23.7 Å². The van der Waals surface area contributed by atoms with Gasteiger partial charge in [-0.15, -0.1) is 0 Å². The molecular weight excluding hydrogens is 229 g/mol. The first-order chi connectivity index (χ1) is 7.67. The Kier molecular flexibility index (Phi) is 5.74. The maximum atomic E-state index is 13.5. The predicted octanol–water partition coefficient (Wildman–Crippen LogP) is 2.68. The minimum atomic E-state index is -0.247. The number of aliphatic hydroxyl groups is 1. The summed E-state index contributed by atoms with van der Waals surface area (Å²) in [5, 5.41) is 9.44. The average molecular weight is 246 g/mol. The highest BCUT2D eigenvalue weighted by molar-refractivity contribution is 6.30. The van der Waals surface area contributed by atoms with Crippen molar-refractivity contribution < 1.29 is 9.50 Å². The van der Waals surface area contributed by atoms with E-state index in [2.05, 4.69) is 6.92 Å². The maximum absolute atomic E-state index is 13.5. The Hall–Kier alpha value is -0.640. The van der Waals surface area contributed by atoms with Crippen molar-refractivity contribution in [2.75, 3.05) is 19.7 Å². The van der Waals surface area contributed by atoms with Crippen LogP contribution < -0.4 is 0 Å². The van der Waals surface area contributed by atoms with Gasteiger partial charge in [0, 0.05) is 23.7 Å². The van der Waals surface area contributed by atoms with Gasteiger partial charge in [-0.25, -0.2) is 4.39 Å². The first-order valence-electron chi connectivity index (χ1n) is 5.44. The average Bonchev–Trinajstić information content (AvgIpc) is 2.24. The number of aliphatic hydroxyl groups excluding tert-OH is 1. The number of hydrogen-bond acceptors (Lipinski definition) is 2. The zero-order chi connectivity index (χ0) is 12.0. The van der Waals surface area contributed by atoms with Crippen LogP contribution in [-0.4, -0.2) is 29.7 Å². The van der Waals surface area contributed by atoms with Gasteiger partial charge < -0.3 is 5.11 Å². The highest BCUT2D eigenvalue weighted by Gasteiger charge is 2.08. The summed E-state index contributed by atoms with van der Waals surface area (Å²) in [6.07, 6.45) is 0.974. The van der Waals surface area contributed by atoms with E-state index in [4.69, 9.17) is 16.7 Å². The van der Waals surface area contributed by atoms with Gasteiger partial charge in [0.1, 0.15) is 5.82 Å². The predicted molar refractivity (Wildman–Crippen MR) is 64.1 cm³/mol. The van der Waals surface area contributed by atoms with Crippen molar-refractivity contribution >= 4 is 11.6 Å². The second-order valence-electron chi connectivity index (χ2n) is 3.74. The smallest absolute Gasteiger partial charge is 0.127 e. The van der Waals surface area contributed by atoms with E-state index in [1.165, 1.54) is 12.1 Å². The lowest BCUT2D eigenvalue weighted by Gasteiger charge is -2.20. The molecule has 0 amide bonds. The second kappa shape index (κ2) is 6.84. The molecule has 0 radical (unpaired) electrons. The van der Waals surface area contributed by atoms with E-state index in [1.54, 1.807) is 6.07 Å². The summed E-state index contributed by atoms with van der Waals surface area (Å²) in [6.45, 7) is 4.02. The molecule has 0 aliphatic rings. The fourth-order valence-corrected chi connectivity index (χ4v) is 1.83. The number of nitrogens with zero attached hydrogens (tertiary/aromatic N) is 1. The van der Waals surface area contributed by atoms with Crippen molar-refractivity contribution in [1.29, 1.82) is 0 Å². The Balaban J connectivity index is 2.71. The Morgan fingerprint density at radius 2 is 2.12 bits per heavy atom. The van der Waals surface area contributed by atoms with Crippen LogP contribution in [-0.2, 0) is 6.54 Å². The topological polar surface area (TPSA) is 23.5 Å². The minimum absolute atomic E-state index is 0.0855. The molecule has 0 unspecified atom stereocenters. The highest BCUT2D eigenvalue weighted by atomic mass is 35.5. The molecule has 0 fully saturated rings. The van der Waals surface area contributed by atoms with Crippen LogP contribution in [0.2, 0.25) is 5.02 Å². The molecule has 0 bridgehead atoms. The van der Waals surface area contributed by atoms with Gasteiger partial charge >= 0.3 is 0 Å². The zero-order valence-corrected chi connectivity index (χ0v) is 10.2. The van der Waals surface area contributed by atoms with Crippen molar-refractivity contribution in [2.24, 2.45) is 0 Å². The van der Waals surface area contributed by atoms with Gasteiger partial charge in [0.25, 0.3) is 0 Å². The van der Waals surface area contributed by atoms with Gasteiger partial charge in [0.2, 0.25) is 0 Å². The summed E-state index contributed by atoms with van der Waals surface area (Å²) in [4.78, 5) is 2.01. The van der Waals surface area contributed by atoms with Gasteiger partial charge in [-0.2, -0.15) is 0 Å². The number of rotatable bonds is 6. The third kappa shape index (κ3) is 4.08. The molecule has 90 valence electrons. The van der Waals surface area contributed by atoms with Crippen LogP contribution in [0.4, 0.5) is 4.39 Å². The van der Waals surface area contributed by atoms with E-state index in [9.17, 15) is 4.39 Å². The summed E-state index contributed by atoms with van der Waals surface area (Å²) in [5.74, 6) is -0.247. The third-order valence-electron chi connectivity index (χ3n) is 2.36. The van der Waals surface area contributed by atoms with Crippen LogP contribution in [0.5, 0.6) is 0 Å². The Bertz CT molecular complexity index is 327. The SMILES string of the molecule is CCCN(CCO)Cc1cc(Cl)ccc1F. The largest absolute Gasteiger partial charge is 0.395 e. The van der Waals surface area contributed by atoms with E-state index in [0.717, 1.165) is 13.0 Å². The van der Waals surface area contributed by atoms with Crippen molar-refractivity contribution in [2.45, 2.75) is 19.9 Å². The lowest BCUT2D eigenvalue weighted by molar-refractivity contribution is 0.189. The third-order valence-corrected chi connectivity index (χ3v) is 2.59. The molecule has 0 atom stereocenters. The molecule has 0 saturated carbocycles. The molecule has 1 aromatic rings. The molecule has 0 aromatic heterocycles. The van der Waals surface area contributed by atoms with Gasteiger partial charge in [0.15, 0.2) is 0 Å². The lowest BCUT2D eigenvalue weighted by atomic mass is 10.2. The summed E-state index contributed by atoms with van der Waals surface area (Å²) in [5.41, 5.74) is 0.578. The molecule has 0 spiro atoms. The summed E-state index contributed by atoms with van der Waals surface area (Å²) >= 11 is 5.82. The van der Waals surface area contributed by atoms with Crippen molar-refractivity contribution in [3.05, 3.63) is 34.6 Å². The summed E-state index contributed by atoms with van der Waals surface area (Å²) in [6, 6.07) is 4.55. The van der Waals surface area contributed by atoms with Gasteiger partial charge in [-0.3, -0.25) is 4.90 Å². The Labute approximate surface area is 101 Å². The second-order valence-corrected chi connectivity index (χ2v) is 4.17. The van der Waals surface area contributed by atoms with Crippen LogP contribution in [0.1, 0.15) is 18.9 Å². The van der Waals surface area contributed by atoms with E-state index in [1.807, 2.05) is 4.90 Å². The molecule has 0 aliphatic heterocycles. The van der Waals surface area contributed by atoms with Crippen LogP contribution in [0.15, 0.2) is 18.2 Å². The number of benzene rings is 1. The number of halogens is 2. The van der Waals surface area contributed by atoms with Crippen molar-refractivity contribution in [1.82, 2.24) is 4.90 Å². The number of hydrogen-bond donors (Lipinski definition) is 1. The van der Waals surface area contributed by atoms with E-state index in [-0.39, 0.29) is 12.4 Å². The molecule has 0 saturated heterocycles. The molecule has 0 aliphatic carbocycles. The van der Waals surface area contributed by atoms with Gasteiger partial charge in [-0.05, 0) is 31.2 Å². The van der Waals surface area contributed by atoms with E-state index < -0.39 is 0 Å². The monoisotopic (exact) mass is 245 g/mol.